The average molecular weight is 722 g/mol. The summed E-state index contributed by atoms with van der Waals surface area (Å²) in [5.41, 5.74) is 7.74. The molecule has 0 radical (unpaired) electrons. The van der Waals surface area contributed by atoms with Crippen molar-refractivity contribution in [3.8, 4) is 22.6 Å². The molecule has 2 heterocycles. The van der Waals surface area contributed by atoms with Gasteiger partial charge in [-0.25, -0.2) is 18.1 Å². The lowest BCUT2D eigenvalue weighted by Gasteiger charge is -2.13. The van der Waals surface area contributed by atoms with Crippen molar-refractivity contribution in [2.24, 2.45) is 0 Å². The Morgan fingerprint density at radius 1 is 0.923 bits per heavy atom. The van der Waals surface area contributed by atoms with Crippen molar-refractivity contribution in [1.29, 1.82) is 0 Å². The van der Waals surface area contributed by atoms with Gasteiger partial charge in [0.25, 0.3) is 15.9 Å². The van der Waals surface area contributed by atoms with E-state index in [2.05, 4.69) is 26.7 Å². The van der Waals surface area contributed by atoms with Crippen LogP contribution >= 0.6 is 0 Å². The van der Waals surface area contributed by atoms with Crippen molar-refractivity contribution >= 4 is 32.8 Å². The van der Waals surface area contributed by atoms with Crippen molar-refractivity contribution in [3.63, 3.8) is 0 Å². The van der Waals surface area contributed by atoms with E-state index >= 15 is 0 Å². The number of sulfonamides is 1. The molecular formula is C40H43N5O6S. The molecule has 2 aromatic heterocycles. The lowest BCUT2D eigenvalue weighted by molar-refractivity contribution is 0.0954. The first kappa shape index (κ1) is 36.2. The highest BCUT2D eigenvalue weighted by molar-refractivity contribution is 7.92. The number of rotatable bonds is 14. The molecule has 0 aliphatic carbocycles. The minimum Gasteiger partial charge on any atom is -0.497 e. The van der Waals surface area contributed by atoms with Crippen LogP contribution in [-0.2, 0) is 29.4 Å². The molecule has 1 amide bonds. The Labute approximate surface area is 304 Å². The molecule has 0 fully saturated rings. The molecule has 0 spiro atoms. The first-order valence-corrected chi connectivity index (χ1v) is 18.6. The Bertz CT molecular complexity index is 2340. The maximum atomic E-state index is 13.5. The number of benzene rings is 4. The van der Waals surface area contributed by atoms with Gasteiger partial charge in [0.05, 0.1) is 35.8 Å². The number of nitrogens with zero attached hydrogens (tertiary/aromatic N) is 3. The third-order valence-electron chi connectivity index (χ3n) is 9.19. The van der Waals surface area contributed by atoms with E-state index < -0.39 is 10.0 Å². The molecule has 0 aliphatic heterocycles. The zero-order valence-electron chi connectivity index (χ0n) is 30.2. The highest BCUT2D eigenvalue weighted by Gasteiger charge is 2.23. The molecule has 11 nitrogen and oxygen atoms in total. The monoisotopic (exact) mass is 721 g/mol. The highest BCUT2D eigenvalue weighted by Crippen LogP contribution is 2.31. The molecule has 0 saturated heterocycles. The molecule has 0 bridgehead atoms. The number of hydrogen-bond acceptors (Lipinski definition) is 8. The molecule has 52 heavy (non-hydrogen) atoms. The first-order valence-electron chi connectivity index (χ1n) is 17.2. The zero-order chi connectivity index (χ0) is 37.0. The number of aromatic nitrogens is 3. The number of imidazole rings is 1. The van der Waals surface area contributed by atoms with Gasteiger partial charge in [0.15, 0.2) is 0 Å². The largest absolute Gasteiger partial charge is 0.497 e. The third-order valence-corrected chi connectivity index (χ3v) is 10.6. The summed E-state index contributed by atoms with van der Waals surface area (Å²) in [6.45, 7) is 8.55. The molecule has 0 atom stereocenters. The Kier molecular flexibility index (Phi) is 10.7. The van der Waals surface area contributed by atoms with Crippen LogP contribution in [0.15, 0.2) is 88.3 Å². The minimum absolute atomic E-state index is 0.0999. The van der Waals surface area contributed by atoms with E-state index in [4.69, 9.17) is 19.0 Å². The Morgan fingerprint density at radius 3 is 2.38 bits per heavy atom. The summed E-state index contributed by atoms with van der Waals surface area (Å²) in [5, 5.41) is 6.93. The summed E-state index contributed by atoms with van der Waals surface area (Å²) in [4.78, 5) is 18.6. The molecule has 0 aliphatic rings. The zero-order valence-corrected chi connectivity index (χ0v) is 31.1. The number of carbonyl (C=O) groups is 1. The van der Waals surface area contributed by atoms with E-state index in [1.54, 1.807) is 46.3 Å². The summed E-state index contributed by atoms with van der Waals surface area (Å²) in [6.07, 6.45) is 2.27. The molecule has 0 saturated carbocycles. The summed E-state index contributed by atoms with van der Waals surface area (Å²) >= 11 is 0. The van der Waals surface area contributed by atoms with Gasteiger partial charge < -0.3 is 23.9 Å². The SMILES string of the molecule is CCCc1nc2c(C)cc(C(=O)NCCc3cc(OC)ccc3OC)cc2n1Cc1ccc(-c2ccccc2S(=O)(=O)Nc2onc(C)c2C)cc1. The number of hydrogen-bond donors (Lipinski definition) is 2. The third kappa shape index (κ3) is 7.52. The standard InChI is InChI=1S/C40H43N5O6S/c1-7-10-37-42-38-25(2)21-31(39(46)41-20-19-30-22-32(49-5)17-18-35(30)50-6)23-34(38)45(37)24-28-13-15-29(16-14-28)33-11-8-9-12-36(33)52(47,48)44-40-26(3)27(4)43-51-40/h8-9,11-18,21-23,44H,7,10,19-20,24H2,1-6H3,(H,41,46). The van der Waals surface area contributed by atoms with Crippen molar-refractivity contribution in [2.45, 2.75) is 58.4 Å². The second-order valence-electron chi connectivity index (χ2n) is 12.7. The van der Waals surface area contributed by atoms with Crippen LogP contribution in [0.1, 0.15) is 57.5 Å². The van der Waals surface area contributed by atoms with E-state index in [0.717, 1.165) is 63.5 Å². The number of aryl methyl sites for hydroxylation is 3. The smallest absolute Gasteiger partial charge is 0.264 e. The average Bonchev–Trinajstić information content (AvgIpc) is 3.65. The van der Waals surface area contributed by atoms with Gasteiger partial charge in [0.2, 0.25) is 5.88 Å². The molecule has 6 aromatic rings. The van der Waals surface area contributed by atoms with Crippen LogP contribution in [0, 0.1) is 20.8 Å². The highest BCUT2D eigenvalue weighted by atomic mass is 32.2. The number of fused-ring (bicyclic) bond motifs is 1. The van der Waals surface area contributed by atoms with E-state index in [-0.39, 0.29) is 16.7 Å². The second-order valence-corrected chi connectivity index (χ2v) is 14.4. The molecule has 0 unspecified atom stereocenters. The van der Waals surface area contributed by atoms with Crippen LogP contribution in [0.2, 0.25) is 0 Å². The van der Waals surface area contributed by atoms with Gasteiger partial charge in [0, 0.05) is 36.2 Å². The van der Waals surface area contributed by atoms with Gasteiger partial charge in [-0.1, -0.05) is 54.5 Å². The minimum atomic E-state index is -3.97. The summed E-state index contributed by atoms with van der Waals surface area (Å²) in [6, 6.07) is 24.1. The van der Waals surface area contributed by atoms with E-state index in [1.165, 1.54) is 0 Å². The van der Waals surface area contributed by atoms with E-state index in [9.17, 15) is 13.2 Å². The summed E-state index contributed by atoms with van der Waals surface area (Å²) in [7, 11) is -0.724. The quantitative estimate of drug-likeness (QED) is 0.119. The van der Waals surface area contributed by atoms with Crippen LogP contribution in [0.25, 0.3) is 22.2 Å². The van der Waals surface area contributed by atoms with Crippen molar-refractivity contribution < 1.29 is 27.2 Å². The number of amides is 1. The topological polar surface area (TPSA) is 138 Å². The van der Waals surface area contributed by atoms with Gasteiger partial charge in [-0.2, -0.15) is 0 Å². The number of methoxy groups -OCH3 is 2. The predicted octanol–water partition coefficient (Wildman–Crippen LogP) is 7.41. The van der Waals surface area contributed by atoms with Crippen LogP contribution in [0.4, 0.5) is 5.88 Å². The fourth-order valence-electron chi connectivity index (χ4n) is 6.25. The molecule has 270 valence electrons. The Balaban J connectivity index is 1.24. The Hall–Kier alpha value is -5.62. The van der Waals surface area contributed by atoms with Crippen molar-refractivity contribution in [1.82, 2.24) is 20.0 Å². The van der Waals surface area contributed by atoms with E-state index in [0.29, 0.717) is 41.9 Å². The maximum absolute atomic E-state index is 13.5. The van der Waals surface area contributed by atoms with Gasteiger partial charge in [0.1, 0.15) is 17.3 Å². The fourth-order valence-corrected chi connectivity index (χ4v) is 7.53. The van der Waals surface area contributed by atoms with E-state index in [1.807, 2.05) is 67.6 Å². The van der Waals surface area contributed by atoms with Gasteiger partial charge in [-0.3, -0.25) is 4.79 Å². The van der Waals surface area contributed by atoms with Crippen molar-refractivity contribution in [3.05, 3.63) is 118 Å². The number of anilines is 1. The maximum Gasteiger partial charge on any atom is 0.264 e. The summed E-state index contributed by atoms with van der Waals surface area (Å²) < 4.78 is 47.8. The lowest BCUT2D eigenvalue weighted by atomic mass is 10.0. The van der Waals surface area contributed by atoms with Crippen molar-refractivity contribution in [2.75, 3.05) is 25.5 Å². The summed E-state index contributed by atoms with van der Waals surface area (Å²) in [5.74, 6) is 2.34. The molecule has 2 N–H and O–H groups in total. The second kappa shape index (κ2) is 15.3. The van der Waals surface area contributed by atoms with Crippen LogP contribution < -0.4 is 19.5 Å². The van der Waals surface area contributed by atoms with Crippen LogP contribution in [0.5, 0.6) is 11.5 Å². The first-order chi connectivity index (χ1) is 25.0. The fraction of sp³-hybridized carbons (Fsp3) is 0.275. The van der Waals surface area contributed by atoms with Crippen LogP contribution in [0.3, 0.4) is 0 Å². The molecule has 4 aromatic carbocycles. The van der Waals surface area contributed by atoms with Crippen LogP contribution in [-0.4, -0.2) is 49.8 Å². The molecule has 6 rings (SSSR count). The number of ether oxygens (including phenoxy) is 2. The number of carbonyl (C=O) groups excluding carboxylic acids is 1. The Morgan fingerprint density at radius 2 is 1.69 bits per heavy atom. The molecular weight excluding hydrogens is 679 g/mol. The van der Waals surface area contributed by atoms with Gasteiger partial charge in [-0.05, 0) is 92.3 Å². The van der Waals surface area contributed by atoms with Gasteiger partial charge >= 0.3 is 0 Å². The lowest BCUT2D eigenvalue weighted by Crippen LogP contribution is -2.26. The van der Waals surface area contributed by atoms with Gasteiger partial charge in [-0.15, -0.1) is 0 Å². The normalized spacial score (nSPS) is 11.5. The molecule has 12 heteroatoms. The predicted molar refractivity (Wildman–Crippen MR) is 202 cm³/mol. The number of nitrogens with one attached hydrogen (secondary N) is 2.